The number of ether oxygens (including phenoxy) is 1. The van der Waals surface area contributed by atoms with Gasteiger partial charge in [0.2, 0.25) is 0 Å². The minimum atomic E-state index is -0.0805. The highest BCUT2D eigenvalue weighted by molar-refractivity contribution is 6.30. The van der Waals surface area contributed by atoms with Crippen LogP contribution in [0.4, 0.5) is 5.69 Å². The first-order valence-electron chi connectivity index (χ1n) is 6.28. The summed E-state index contributed by atoms with van der Waals surface area (Å²) in [4.78, 5) is 13.8. The molecular formula is C14H14ClN3O2. The fourth-order valence-corrected chi connectivity index (χ4v) is 2.57. The van der Waals surface area contributed by atoms with Crippen LogP contribution in [0, 0.1) is 6.92 Å². The molecule has 2 aromatic rings. The van der Waals surface area contributed by atoms with Crippen molar-refractivity contribution in [2.75, 3.05) is 11.5 Å². The molecule has 3 rings (SSSR count). The van der Waals surface area contributed by atoms with Gasteiger partial charge in [-0.05, 0) is 19.1 Å². The number of carbonyl (C=O) groups is 1. The summed E-state index contributed by atoms with van der Waals surface area (Å²) in [7, 11) is 1.79. The van der Waals surface area contributed by atoms with E-state index in [1.54, 1.807) is 16.6 Å². The summed E-state index contributed by atoms with van der Waals surface area (Å²) in [6.07, 6.45) is 0. The lowest BCUT2D eigenvalue weighted by atomic mass is 10.2. The van der Waals surface area contributed by atoms with Crippen LogP contribution in [0.15, 0.2) is 24.3 Å². The summed E-state index contributed by atoms with van der Waals surface area (Å²) in [6.45, 7) is 2.34. The van der Waals surface area contributed by atoms with E-state index in [1.807, 2.05) is 31.2 Å². The van der Waals surface area contributed by atoms with E-state index < -0.39 is 0 Å². The number of anilines is 1. The summed E-state index contributed by atoms with van der Waals surface area (Å²) in [5, 5.41) is 4.83. The molecule has 1 aliphatic rings. The monoisotopic (exact) mass is 291 g/mol. The van der Waals surface area contributed by atoms with E-state index in [2.05, 4.69) is 5.10 Å². The molecule has 5 nitrogen and oxygen atoms in total. The van der Waals surface area contributed by atoms with Crippen LogP contribution in [-0.2, 0) is 18.4 Å². The number of aromatic nitrogens is 2. The SMILES string of the molecule is Cc1nn(C)c(Cl)c1CN1C(=O)COc2ccccc21. The number of fused-ring (bicyclic) bond motifs is 1. The van der Waals surface area contributed by atoms with Gasteiger partial charge in [0.15, 0.2) is 6.61 Å². The Morgan fingerprint density at radius 2 is 2.15 bits per heavy atom. The minimum Gasteiger partial charge on any atom is -0.482 e. The zero-order valence-corrected chi connectivity index (χ0v) is 12.0. The number of para-hydroxylation sites is 2. The average molecular weight is 292 g/mol. The average Bonchev–Trinajstić information content (AvgIpc) is 2.68. The van der Waals surface area contributed by atoms with Crippen LogP contribution in [0.5, 0.6) is 5.75 Å². The molecule has 0 spiro atoms. The number of carbonyl (C=O) groups excluding carboxylic acids is 1. The molecule has 1 amide bonds. The smallest absolute Gasteiger partial charge is 0.265 e. The molecule has 0 fully saturated rings. The first-order valence-corrected chi connectivity index (χ1v) is 6.66. The van der Waals surface area contributed by atoms with Gasteiger partial charge in [0.05, 0.1) is 17.9 Å². The molecule has 104 valence electrons. The van der Waals surface area contributed by atoms with E-state index >= 15 is 0 Å². The van der Waals surface area contributed by atoms with Crippen molar-refractivity contribution in [1.29, 1.82) is 0 Å². The van der Waals surface area contributed by atoms with Gasteiger partial charge >= 0.3 is 0 Å². The lowest BCUT2D eigenvalue weighted by Gasteiger charge is -2.29. The summed E-state index contributed by atoms with van der Waals surface area (Å²) in [6, 6.07) is 7.49. The van der Waals surface area contributed by atoms with Crippen LogP contribution in [0.25, 0.3) is 0 Å². The first-order chi connectivity index (χ1) is 9.58. The van der Waals surface area contributed by atoms with Gasteiger partial charge in [0.25, 0.3) is 5.91 Å². The fraction of sp³-hybridized carbons (Fsp3) is 0.286. The molecule has 20 heavy (non-hydrogen) atoms. The summed E-state index contributed by atoms with van der Waals surface area (Å²) < 4.78 is 7.04. The predicted octanol–water partition coefficient (Wildman–Crippen LogP) is 2.31. The zero-order chi connectivity index (χ0) is 14.3. The third-order valence-electron chi connectivity index (χ3n) is 3.39. The summed E-state index contributed by atoms with van der Waals surface area (Å²) in [5.74, 6) is 0.632. The molecule has 2 heterocycles. The van der Waals surface area contributed by atoms with E-state index in [-0.39, 0.29) is 12.5 Å². The molecule has 0 aliphatic carbocycles. The molecule has 0 N–H and O–H groups in total. The lowest BCUT2D eigenvalue weighted by molar-refractivity contribution is -0.121. The van der Waals surface area contributed by atoms with Crippen molar-refractivity contribution in [1.82, 2.24) is 9.78 Å². The summed E-state index contributed by atoms with van der Waals surface area (Å²) in [5.41, 5.74) is 2.46. The Morgan fingerprint density at radius 3 is 2.85 bits per heavy atom. The van der Waals surface area contributed by atoms with Gasteiger partial charge in [0.1, 0.15) is 10.9 Å². The van der Waals surface area contributed by atoms with Crippen molar-refractivity contribution in [2.24, 2.45) is 7.05 Å². The highest BCUT2D eigenvalue weighted by Gasteiger charge is 2.27. The molecule has 1 aromatic heterocycles. The van der Waals surface area contributed by atoms with Gasteiger partial charge in [-0.25, -0.2) is 0 Å². The Hall–Kier alpha value is -2.01. The number of hydrogen-bond acceptors (Lipinski definition) is 3. The Balaban J connectivity index is 2.00. The Bertz CT molecular complexity index is 681. The molecular weight excluding hydrogens is 278 g/mol. The largest absolute Gasteiger partial charge is 0.482 e. The maximum atomic E-state index is 12.1. The van der Waals surface area contributed by atoms with Gasteiger partial charge in [-0.2, -0.15) is 5.10 Å². The van der Waals surface area contributed by atoms with E-state index in [0.717, 1.165) is 16.9 Å². The van der Waals surface area contributed by atoms with E-state index in [9.17, 15) is 4.79 Å². The van der Waals surface area contributed by atoms with Crippen molar-refractivity contribution in [3.8, 4) is 5.75 Å². The molecule has 0 bridgehead atoms. The molecule has 0 unspecified atom stereocenters. The van der Waals surface area contributed by atoms with E-state index in [4.69, 9.17) is 16.3 Å². The first kappa shape index (κ1) is 13.0. The molecule has 0 atom stereocenters. The standard InChI is InChI=1S/C14H14ClN3O2/c1-9-10(14(15)17(2)16-9)7-18-11-5-3-4-6-12(11)20-8-13(18)19/h3-6H,7-8H2,1-2H3. The second-order valence-electron chi connectivity index (χ2n) is 4.71. The maximum Gasteiger partial charge on any atom is 0.265 e. The second kappa shape index (κ2) is 4.83. The van der Waals surface area contributed by atoms with Gasteiger partial charge < -0.3 is 9.64 Å². The number of nitrogens with zero attached hydrogens (tertiary/aromatic N) is 3. The van der Waals surface area contributed by atoms with Crippen molar-refractivity contribution in [3.05, 3.63) is 40.7 Å². The molecule has 1 aromatic carbocycles. The number of amides is 1. The number of halogens is 1. The van der Waals surface area contributed by atoms with Gasteiger partial charge in [0, 0.05) is 12.6 Å². The lowest BCUT2D eigenvalue weighted by Crippen LogP contribution is -2.38. The predicted molar refractivity (Wildman–Crippen MR) is 76.1 cm³/mol. The third-order valence-corrected chi connectivity index (χ3v) is 3.87. The number of benzene rings is 1. The molecule has 0 saturated heterocycles. The maximum absolute atomic E-state index is 12.1. The molecule has 6 heteroatoms. The molecule has 1 aliphatic heterocycles. The second-order valence-corrected chi connectivity index (χ2v) is 5.07. The Kier molecular flexibility index (Phi) is 3.14. The zero-order valence-electron chi connectivity index (χ0n) is 11.3. The van der Waals surface area contributed by atoms with Crippen LogP contribution >= 0.6 is 11.6 Å². The van der Waals surface area contributed by atoms with E-state index in [0.29, 0.717) is 17.4 Å². The van der Waals surface area contributed by atoms with Gasteiger partial charge in [-0.1, -0.05) is 23.7 Å². The fourth-order valence-electron chi connectivity index (χ4n) is 2.34. The van der Waals surface area contributed by atoms with Crippen molar-refractivity contribution < 1.29 is 9.53 Å². The minimum absolute atomic E-state index is 0.0495. The highest BCUT2D eigenvalue weighted by Crippen LogP contribution is 2.33. The van der Waals surface area contributed by atoms with Crippen molar-refractivity contribution in [2.45, 2.75) is 13.5 Å². The normalized spacial score (nSPS) is 14.2. The van der Waals surface area contributed by atoms with Crippen LogP contribution in [0.3, 0.4) is 0 Å². The van der Waals surface area contributed by atoms with Crippen LogP contribution in [0.1, 0.15) is 11.3 Å². The van der Waals surface area contributed by atoms with Crippen LogP contribution in [0.2, 0.25) is 5.15 Å². The highest BCUT2D eigenvalue weighted by atomic mass is 35.5. The Morgan fingerprint density at radius 1 is 1.40 bits per heavy atom. The van der Waals surface area contributed by atoms with Crippen LogP contribution in [-0.4, -0.2) is 22.3 Å². The van der Waals surface area contributed by atoms with Crippen molar-refractivity contribution in [3.63, 3.8) is 0 Å². The van der Waals surface area contributed by atoms with Crippen molar-refractivity contribution >= 4 is 23.2 Å². The third kappa shape index (κ3) is 2.04. The molecule has 0 saturated carbocycles. The molecule has 0 radical (unpaired) electrons. The van der Waals surface area contributed by atoms with E-state index in [1.165, 1.54) is 0 Å². The van der Waals surface area contributed by atoms with Gasteiger partial charge in [-0.15, -0.1) is 0 Å². The number of aryl methyl sites for hydroxylation is 2. The summed E-state index contributed by atoms with van der Waals surface area (Å²) >= 11 is 6.24. The number of hydrogen-bond donors (Lipinski definition) is 0. The van der Waals surface area contributed by atoms with Crippen LogP contribution < -0.4 is 9.64 Å². The Labute approximate surface area is 121 Å². The number of rotatable bonds is 2. The quantitative estimate of drug-likeness (QED) is 0.853. The van der Waals surface area contributed by atoms with Gasteiger partial charge in [-0.3, -0.25) is 9.48 Å². The topological polar surface area (TPSA) is 47.4 Å².